The summed E-state index contributed by atoms with van der Waals surface area (Å²) in [6, 6.07) is 3.85. The van der Waals surface area contributed by atoms with Gasteiger partial charge in [0.15, 0.2) is 0 Å². The molecule has 1 N–H and O–H groups in total. The molecule has 1 aromatic heterocycles. The Morgan fingerprint density at radius 2 is 2.14 bits per heavy atom. The lowest BCUT2D eigenvalue weighted by atomic mass is 10.1. The van der Waals surface area contributed by atoms with Crippen molar-refractivity contribution in [2.24, 2.45) is 0 Å². The first-order valence-electron chi connectivity index (χ1n) is 4.43. The van der Waals surface area contributed by atoms with Crippen LogP contribution in [-0.4, -0.2) is 14.2 Å². The summed E-state index contributed by atoms with van der Waals surface area (Å²) >= 11 is 1.55. The van der Waals surface area contributed by atoms with Crippen molar-refractivity contribution < 1.29 is 8.42 Å². The Balaban J connectivity index is 2.88. The van der Waals surface area contributed by atoms with E-state index in [1.165, 1.54) is 0 Å². The van der Waals surface area contributed by atoms with Crippen LogP contribution < -0.4 is 4.72 Å². The smallest absolute Gasteiger partial charge is 0.212 e. The summed E-state index contributed by atoms with van der Waals surface area (Å²) in [5.74, 6) is 0.113. The van der Waals surface area contributed by atoms with E-state index in [-0.39, 0.29) is 5.75 Å². The van der Waals surface area contributed by atoms with Gasteiger partial charge in [-0.25, -0.2) is 13.1 Å². The number of hydrogen-bond acceptors (Lipinski definition) is 3. The summed E-state index contributed by atoms with van der Waals surface area (Å²) in [6.45, 7) is 5.37. The van der Waals surface area contributed by atoms with Crippen LogP contribution in [0.1, 0.15) is 25.6 Å². The van der Waals surface area contributed by atoms with E-state index < -0.39 is 15.6 Å². The van der Waals surface area contributed by atoms with Crippen molar-refractivity contribution in [1.82, 2.24) is 4.72 Å². The molecule has 1 aromatic rings. The molecule has 0 aliphatic rings. The molecule has 1 rings (SSSR count). The van der Waals surface area contributed by atoms with Crippen LogP contribution in [0.3, 0.4) is 0 Å². The first-order chi connectivity index (χ1) is 6.37. The lowest BCUT2D eigenvalue weighted by Crippen LogP contribution is -2.41. The Bertz CT molecular complexity index is 379. The largest absolute Gasteiger partial charge is 0.212 e. The van der Waals surface area contributed by atoms with Crippen molar-refractivity contribution in [3.63, 3.8) is 0 Å². The standard InChI is InChI=1S/C9H15NO2S2/c1-4-14(11,12)10-9(2,3)8-6-5-7-13-8/h5-7,10H,4H2,1-3H3. The van der Waals surface area contributed by atoms with Crippen LogP contribution in [0.5, 0.6) is 0 Å². The van der Waals surface area contributed by atoms with Crippen LogP contribution in [0.25, 0.3) is 0 Å². The first-order valence-corrected chi connectivity index (χ1v) is 6.96. The number of nitrogens with one attached hydrogen (secondary N) is 1. The summed E-state index contributed by atoms with van der Waals surface area (Å²) in [4.78, 5) is 1.02. The molecule has 0 fully saturated rings. The number of rotatable bonds is 4. The van der Waals surface area contributed by atoms with Crippen molar-refractivity contribution in [2.45, 2.75) is 26.3 Å². The van der Waals surface area contributed by atoms with Gasteiger partial charge in [-0.1, -0.05) is 6.07 Å². The molecule has 80 valence electrons. The molecule has 0 amide bonds. The van der Waals surface area contributed by atoms with E-state index in [0.29, 0.717) is 0 Å². The van der Waals surface area contributed by atoms with Gasteiger partial charge in [0.1, 0.15) is 0 Å². The second-order valence-electron chi connectivity index (χ2n) is 3.61. The van der Waals surface area contributed by atoms with Crippen LogP contribution in [0.2, 0.25) is 0 Å². The molecule has 0 saturated heterocycles. The third-order valence-corrected chi connectivity index (χ3v) is 4.70. The molecule has 0 atom stereocenters. The highest BCUT2D eigenvalue weighted by atomic mass is 32.2. The molecule has 0 radical (unpaired) electrons. The average molecular weight is 233 g/mol. The Labute approximate surface area is 89.2 Å². The van der Waals surface area contributed by atoms with Gasteiger partial charge in [0.05, 0.1) is 11.3 Å². The third kappa shape index (κ3) is 2.80. The highest BCUT2D eigenvalue weighted by Gasteiger charge is 2.26. The average Bonchev–Trinajstić information content (AvgIpc) is 2.54. The molecule has 0 spiro atoms. The van der Waals surface area contributed by atoms with E-state index in [1.54, 1.807) is 18.3 Å². The summed E-state index contributed by atoms with van der Waals surface area (Å²) < 4.78 is 25.5. The molecule has 0 saturated carbocycles. The van der Waals surface area contributed by atoms with Gasteiger partial charge in [-0.3, -0.25) is 0 Å². The molecule has 0 aliphatic carbocycles. The Morgan fingerprint density at radius 1 is 1.50 bits per heavy atom. The monoisotopic (exact) mass is 233 g/mol. The topological polar surface area (TPSA) is 46.2 Å². The van der Waals surface area contributed by atoms with Gasteiger partial charge in [-0.15, -0.1) is 11.3 Å². The van der Waals surface area contributed by atoms with Gasteiger partial charge in [-0.05, 0) is 32.2 Å². The van der Waals surface area contributed by atoms with Crippen molar-refractivity contribution in [1.29, 1.82) is 0 Å². The Hall–Kier alpha value is -0.390. The summed E-state index contributed by atoms with van der Waals surface area (Å²) in [5, 5.41) is 1.94. The third-order valence-electron chi connectivity index (χ3n) is 1.93. The second-order valence-corrected chi connectivity index (χ2v) is 6.57. The molecule has 0 aliphatic heterocycles. The van der Waals surface area contributed by atoms with Crippen molar-refractivity contribution in [2.75, 3.05) is 5.75 Å². The quantitative estimate of drug-likeness (QED) is 0.863. The molecule has 1 heterocycles. The van der Waals surface area contributed by atoms with Crippen LogP contribution in [0, 0.1) is 0 Å². The zero-order chi connectivity index (χ0) is 10.8. The predicted octanol–water partition coefficient (Wildman–Crippen LogP) is 1.92. The highest BCUT2D eigenvalue weighted by Crippen LogP contribution is 2.25. The minimum atomic E-state index is -3.15. The normalized spacial score (nSPS) is 13.1. The maximum atomic E-state index is 11.4. The molecule has 3 nitrogen and oxygen atoms in total. The van der Waals surface area contributed by atoms with E-state index >= 15 is 0 Å². The highest BCUT2D eigenvalue weighted by molar-refractivity contribution is 7.89. The lowest BCUT2D eigenvalue weighted by molar-refractivity contribution is 0.480. The fourth-order valence-corrected chi connectivity index (χ4v) is 3.05. The van der Waals surface area contributed by atoms with Gasteiger partial charge in [0.2, 0.25) is 10.0 Å². The Kier molecular flexibility index (Phi) is 3.34. The summed E-state index contributed by atoms with van der Waals surface area (Å²) in [7, 11) is -3.15. The summed E-state index contributed by atoms with van der Waals surface area (Å²) in [5.41, 5.74) is -0.511. The predicted molar refractivity (Wildman–Crippen MR) is 59.9 cm³/mol. The maximum Gasteiger partial charge on any atom is 0.212 e. The zero-order valence-electron chi connectivity index (χ0n) is 8.57. The fourth-order valence-electron chi connectivity index (χ4n) is 1.15. The van der Waals surface area contributed by atoms with E-state index in [0.717, 1.165) is 4.88 Å². The minimum absolute atomic E-state index is 0.113. The van der Waals surface area contributed by atoms with E-state index in [9.17, 15) is 8.42 Å². The maximum absolute atomic E-state index is 11.4. The van der Waals surface area contributed by atoms with Crippen LogP contribution in [0.15, 0.2) is 17.5 Å². The molecule has 0 aromatic carbocycles. The van der Waals surface area contributed by atoms with Crippen molar-refractivity contribution >= 4 is 21.4 Å². The van der Waals surface area contributed by atoms with Gasteiger partial charge in [0.25, 0.3) is 0 Å². The van der Waals surface area contributed by atoms with Crippen molar-refractivity contribution in [3.05, 3.63) is 22.4 Å². The molecule has 14 heavy (non-hydrogen) atoms. The van der Waals surface area contributed by atoms with Crippen LogP contribution >= 0.6 is 11.3 Å². The first kappa shape index (κ1) is 11.7. The van der Waals surface area contributed by atoms with Crippen LogP contribution in [0.4, 0.5) is 0 Å². The molecular weight excluding hydrogens is 218 g/mol. The molecular formula is C9H15NO2S2. The number of hydrogen-bond donors (Lipinski definition) is 1. The SMILES string of the molecule is CCS(=O)(=O)NC(C)(C)c1cccs1. The lowest BCUT2D eigenvalue weighted by Gasteiger charge is -2.24. The van der Waals surface area contributed by atoms with Gasteiger partial charge in [0, 0.05) is 4.88 Å². The molecule has 5 heteroatoms. The van der Waals surface area contributed by atoms with Gasteiger partial charge in [-0.2, -0.15) is 0 Å². The molecule has 0 bridgehead atoms. The van der Waals surface area contributed by atoms with E-state index in [2.05, 4.69) is 4.72 Å². The Morgan fingerprint density at radius 3 is 2.57 bits per heavy atom. The fraction of sp³-hybridized carbons (Fsp3) is 0.556. The van der Waals surface area contributed by atoms with Crippen LogP contribution in [-0.2, 0) is 15.6 Å². The second kappa shape index (κ2) is 4.00. The summed E-state index contributed by atoms with van der Waals surface area (Å²) in [6.07, 6.45) is 0. The van der Waals surface area contributed by atoms with E-state index in [4.69, 9.17) is 0 Å². The number of sulfonamides is 1. The molecule has 0 unspecified atom stereocenters. The number of thiophene rings is 1. The minimum Gasteiger partial charge on any atom is -0.212 e. The van der Waals surface area contributed by atoms with Gasteiger partial charge >= 0.3 is 0 Å². The van der Waals surface area contributed by atoms with Gasteiger partial charge < -0.3 is 0 Å². The van der Waals surface area contributed by atoms with Crippen molar-refractivity contribution in [3.8, 4) is 0 Å². The zero-order valence-corrected chi connectivity index (χ0v) is 10.2. The van der Waals surface area contributed by atoms with E-state index in [1.807, 2.05) is 31.4 Å².